The number of hydrogen-bond acceptors (Lipinski definition) is 4. The molecule has 2 aromatic rings. The van der Waals surface area contributed by atoms with Crippen molar-refractivity contribution in [2.45, 2.75) is 25.4 Å². The molecule has 0 saturated heterocycles. The molecule has 1 N–H and O–H groups in total. The lowest BCUT2D eigenvalue weighted by atomic mass is 10.3. The first kappa shape index (κ1) is 10.7. The molecule has 6 heteroatoms. The number of tetrazole rings is 1. The molecule has 1 aliphatic rings. The number of hydrogen-bond donors (Lipinski definition) is 1. The highest BCUT2D eigenvalue weighted by molar-refractivity contribution is 6.30. The van der Waals surface area contributed by atoms with E-state index in [1.54, 1.807) is 4.68 Å². The minimum absolute atomic E-state index is 0.638. The average molecular weight is 250 g/mol. The molecule has 0 aliphatic heterocycles. The van der Waals surface area contributed by atoms with Crippen LogP contribution in [0.2, 0.25) is 5.02 Å². The number of aromatic nitrogens is 4. The van der Waals surface area contributed by atoms with Crippen LogP contribution >= 0.6 is 11.6 Å². The molecule has 1 saturated carbocycles. The first-order valence-electron chi connectivity index (χ1n) is 5.59. The van der Waals surface area contributed by atoms with Crippen molar-refractivity contribution in [2.24, 2.45) is 0 Å². The summed E-state index contributed by atoms with van der Waals surface area (Å²) in [5, 5.41) is 15.8. The summed E-state index contributed by atoms with van der Waals surface area (Å²) < 4.78 is 1.71. The van der Waals surface area contributed by atoms with Crippen molar-refractivity contribution >= 4 is 11.6 Å². The fourth-order valence-corrected chi connectivity index (χ4v) is 1.83. The van der Waals surface area contributed by atoms with Gasteiger partial charge in [-0.15, -0.1) is 5.10 Å². The maximum absolute atomic E-state index is 5.95. The van der Waals surface area contributed by atoms with E-state index in [2.05, 4.69) is 20.8 Å². The second-order valence-electron chi connectivity index (χ2n) is 4.14. The second kappa shape index (κ2) is 4.43. The fraction of sp³-hybridized carbons (Fsp3) is 0.364. The minimum atomic E-state index is 0.638. The molecule has 88 valence electrons. The van der Waals surface area contributed by atoms with Crippen LogP contribution in [0.25, 0.3) is 5.69 Å². The van der Waals surface area contributed by atoms with Crippen molar-refractivity contribution in [3.05, 3.63) is 35.1 Å². The Bertz CT molecular complexity index is 520. The Morgan fingerprint density at radius 3 is 3.06 bits per heavy atom. The normalized spacial score (nSPS) is 15.1. The van der Waals surface area contributed by atoms with Gasteiger partial charge in [0.1, 0.15) is 0 Å². The quantitative estimate of drug-likeness (QED) is 0.894. The summed E-state index contributed by atoms with van der Waals surface area (Å²) in [6.07, 6.45) is 2.50. The Balaban J connectivity index is 1.83. The zero-order chi connectivity index (χ0) is 11.7. The Morgan fingerprint density at radius 1 is 1.41 bits per heavy atom. The van der Waals surface area contributed by atoms with Crippen LogP contribution in [-0.4, -0.2) is 26.2 Å². The molecular formula is C11H12ClN5. The number of halogens is 1. The predicted molar refractivity (Wildman–Crippen MR) is 64.0 cm³/mol. The van der Waals surface area contributed by atoms with Crippen molar-refractivity contribution in [2.75, 3.05) is 0 Å². The zero-order valence-corrected chi connectivity index (χ0v) is 9.93. The second-order valence-corrected chi connectivity index (χ2v) is 4.58. The Morgan fingerprint density at radius 2 is 2.29 bits per heavy atom. The largest absolute Gasteiger partial charge is 0.307 e. The highest BCUT2D eigenvalue weighted by Gasteiger charge is 2.21. The van der Waals surface area contributed by atoms with Gasteiger partial charge in [0.15, 0.2) is 5.82 Å². The summed E-state index contributed by atoms with van der Waals surface area (Å²) in [7, 11) is 0. The van der Waals surface area contributed by atoms with Gasteiger partial charge in [-0.05, 0) is 41.5 Å². The van der Waals surface area contributed by atoms with E-state index >= 15 is 0 Å². The van der Waals surface area contributed by atoms with Crippen LogP contribution in [0.5, 0.6) is 0 Å². The van der Waals surface area contributed by atoms with Crippen LogP contribution in [0.3, 0.4) is 0 Å². The molecule has 1 aliphatic carbocycles. The smallest absolute Gasteiger partial charge is 0.170 e. The molecule has 1 aromatic heterocycles. The Labute approximate surface area is 104 Å². The standard InChI is InChI=1S/C11H12ClN5/c12-8-2-1-3-10(6-8)17-11(14-15-16-17)7-13-9-4-5-9/h1-3,6,9,13H,4-5,7H2. The Kier molecular flexibility index (Phi) is 2.78. The van der Waals surface area contributed by atoms with Gasteiger partial charge in [0, 0.05) is 11.1 Å². The molecular weight excluding hydrogens is 238 g/mol. The number of benzene rings is 1. The van der Waals surface area contributed by atoms with Crippen LogP contribution in [0.15, 0.2) is 24.3 Å². The molecule has 1 fully saturated rings. The van der Waals surface area contributed by atoms with E-state index in [0.717, 1.165) is 11.5 Å². The van der Waals surface area contributed by atoms with E-state index < -0.39 is 0 Å². The zero-order valence-electron chi connectivity index (χ0n) is 9.17. The monoisotopic (exact) mass is 249 g/mol. The van der Waals surface area contributed by atoms with Crippen molar-refractivity contribution in [1.82, 2.24) is 25.5 Å². The summed E-state index contributed by atoms with van der Waals surface area (Å²) in [6, 6.07) is 8.13. The summed E-state index contributed by atoms with van der Waals surface area (Å²) in [4.78, 5) is 0. The van der Waals surface area contributed by atoms with Gasteiger partial charge in [0.05, 0.1) is 12.2 Å². The van der Waals surface area contributed by atoms with Crippen LogP contribution in [0.4, 0.5) is 0 Å². The van der Waals surface area contributed by atoms with E-state index in [4.69, 9.17) is 11.6 Å². The third-order valence-electron chi connectivity index (χ3n) is 2.71. The van der Waals surface area contributed by atoms with Gasteiger partial charge in [-0.2, -0.15) is 4.68 Å². The number of nitrogens with one attached hydrogen (secondary N) is 1. The molecule has 5 nitrogen and oxygen atoms in total. The molecule has 0 amide bonds. The maximum Gasteiger partial charge on any atom is 0.170 e. The van der Waals surface area contributed by atoms with E-state index in [-0.39, 0.29) is 0 Å². The minimum Gasteiger partial charge on any atom is -0.307 e. The highest BCUT2D eigenvalue weighted by Crippen LogP contribution is 2.19. The van der Waals surface area contributed by atoms with Crippen molar-refractivity contribution in [3.8, 4) is 5.69 Å². The van der Waals surface area contributed by atoms with Gasteiger partial charge in [-0.3, -0.25) is 0 Å². The molecule has 0 unspecified atom stereocenters. The topological polar surface area (TPSA) is 55.6 Å². The summed E-state index contributed by atoms with van der Waals surface area (Å²) in [5.41, 5.74) is 0.884. The molecule has 17 heavy (non-hydrogen) atoms. The fourth-order valence-electron chi connectivity index (χ4n) is 1.65. The first-order valence-corrected chi connectivity index (χ1v) is 5.97. The van der Waals surface area contributed by atoms with Gasteiger partial charge in [-0.25, -0.2) is 0 Å². The van der Waals surface area contributed by atoms with E-state index in [1.165, 1.54) is 12.8 Å². The summed E-state index contributed by atoms with van der Waals surface area (Å²) in [6.45, 7) is 0.685. The molecule has 0 atom stereocenters. The molecule has 3 rings (SSSR count). The molecule has 1 aromatic carbocycles. The lowest BCUT2D eigenvalue weighted by Gasteiger charge is -2.05. The third kappa shape index (κ3) is 2.45. The summed E-state index contributed by atoms with van der Waals surface area (Å²) in [5.74, 6) is 0.805. The molecule has 1 heterocycles. The van der Waals surface area contributed by atoms with E-state index in [9.17, 15) is 0 Å². The Hall–Kier alpha value is -1.46. The van der Waals surface area contributed by atoms with Gasteiger partial charge < -0.3 is 5.32 Å². The van der Waals surface area contributed by atoms with Gasteiger partial charge >= 0.3 is 0 Å². The van der Waals surface area contributed by atoms with Gasteiger partial charge in [-0.1, -0.05) is 17.7 Å². The average Bonchev–Trinajstić information content (AvgIpc) is 3.04. The van der Waals surface area contributed by atoms with Crippen molar-refractivity contribution < 1.29 is 0 Å². The van der Waals surface area contributed by atoms with Crippen LogP contribution in [0.1, 0.15) is 18.7 Å². The van der Waals surface area contributed by atoms with E-state index in [1.807, 2.05) is 24.3 Å². The molecule has 0 spiro atoms. The lowest BCUT2D eigenvalue weighted by molar-refractivity contribution is 0.638. The van der Waals surface area contributed by atoms with Crippen LogP contribution < -0.4 is 5.32 Å². The SMILES string of the molecule is Clc1cccc(-n2nnnc2CNC2CC2)c1. The summed E-state index contributed by atoms with van der Waals surface area (Å²) >= 11 is 5.95. The molecule has 0 radical (unpaired) electrons. The first-order chi connectivity index (χ1) is 8.33. The van der Waals surface area contributed by atoms with Crippen LogP contribution in [-0.2, 0) is 6.54 Å². The third-order valence-corrected chi connectivity index (χ3v) is 2.95. The maximum atomic E-state index is 5.95. The van der Waals surface area contributed by atoms with Crippen molar-refractivity contribution in [3.63, 3.8) is 0 Å². The molecule has 0 bridgehead atoms. The van der Waals surface area contributed by atoms with E-state index in [0.29, 0.717) is 17.6 Å². The highest BCUT2D eigenvalue weighted by atomic mass is 35.5. The number of nitrogens with zero attached hydrogens (tertiary/aromatic N) is 4. The lowest BCUT2D eigenvalue weighted by Crippen LogP contribution is -2.18. The number of rotatable bonds is 4. The van der Waals surface area contributed by atoms with Gasteiger partial charge in [0.2, 0.25) is 0 Å². The predicted octanol–water partition coefficient (Wildman–Crippen LogP) is 1.57. The van der Waals surface area contributed by atoms with Gasteiger partial charge in [0.25, 0.3) is 0 Å². The van der Waals surface area contributed by atoms with Crippen molar-refractivity contribution in [1.29, 1.82) is 0 Å². The van der Waals surface area contributed by atoms with Crippen LogP contribution in [0, 0.1) is 0 Å².